The number of ether oxygens (including phenoxy) is 2. The van der Waals surface area contributed by atoms with Crippen LogP contribution in [0.15, 0.2) is 48.5 Å². The van der Waals surface area contributed by atoms with E-state index < -0.39 is 10.0 Å². The van der Waals surface area contributed by atoms with Gasteiger partial charge in [0, 0.05) is 19.6 Å². The Balaban J connectivity index is 1.76. The normalized spacial score (nSPS) is 15.0. The van der Waals surface area contributed by atoms with Crippen LogP contribution in [0.4, 0.5) is 0 Å². The summed E-state index contributed by atoms with van der Waals surface area (Å²) in [5.74, 6) is 1.65. The minimum Gasteiger partial charge on any atom is -0.497 e. The van der Waals surface area contributed by atoms with Gasteiger partial charge in [0.25, 0.3) is 0 Å². The molecule has 158 valence electrons. The Kier molecular flexibility index (Phi) is 7.52. The van der Waals surface area contributed by atoms with Crippen molar-refractivity contribution in [2.45, 2.75) is 25.9 Å². The Morgan fingerprint density at radius 2 is 1.28 bits per heavy atom. The third-order valence-electron chi connectivity index (χ3n) is 5.29. The van der Waals surface area contributed by atoms with E-state index in [9.17, 15) is 8.42 Å². The average Bonchev–Trinajstić information content (AvgIpc) is 3.27. The molecule has 1 saturated heterocycles. The fraction of sp³-hybridized carbons (Fsp3) is 0.455. The molecule has 7 heteroatoms. The van der Waals surface area contributed by atoms with Crippen LogP contribution >= 0.6 is 0 Å². The van der Waals surface area contributed by atoms with Crippen molar-refractivity contribution in [1.82, 2.24) is 9.21 Å². The maximum atomic E-state index is 13.2. The third-order valence-corrected chi connectivity index (χ3v) is 7.04. The highest BCUT2D eigenvalue weighted by Gasteiger charge is 2.24. The molecule has 29 heavy (non-hydrogen) atoms. The van der Waals surface area contributed by atoms with E-state index in [0.717, 1.165) is 48.6 Å². The quantitative estimate of drug-likeness (QED) is 0.593. The monoisotopic (exact) mass is 418 g/mol. The van der Waals surface area contributed by atoms with Crippen molar-refractivity contribution in [2.24, 2.45) is 0 Å². The van der Waals surface area contributed by atoms with E-state index in [0.29, 0.717) is 19.6 Å². The Bertz CT molecular complexity index is 811. The summed E-state index contributed by atoms with van der Waals surface area (Å²) in [6, 6.07) is 15.1. The smallest absolute Gasteiger partial charge is 0.215 e. The fourth-order valence-corrected chi connectivity index (χ4v) is 4.94. The number of methoxy groups -OCH3 is 2. The van der Waals surface area contributed by atoms with Crippen LogP contribution in [0.3, 0.4) is 0 Å². The van der Waals surface area contributed by atoms with E-state index in [4.69, 9.17) is 9.47 Å². The first-order chi connectivity index (χ1) is 14.0. The van der Waals surface area contributed by atoms with E-state index >= 15 is 0 Å². The van der Waals surface area contributed by atoms with E-state index in [1.165, 1.54) is 0 Å². The van der Waals surface area contributed by atoms with Gasteiger partial charge in [0.15, 0.2) is 0 Å². The molecule has 3 rings (SSSR count). The lowest BCUT2D eigenvalue weighted by atomic mass is 10.2. The molecule has 0 saturated carbocycles. The minimum atomic E-state index is -3.41. The molecule has 0 aromatic heterocycles. The molecule has 1 fully saturated rings. The van der Waals surface area contributed by atoms with E-state index in [2.05, 4.69) is 4.90 Å². The standard InChI is InChI=1S/C22H30N2O4S/c1-27-21-9-5-19(6-10-21)17-24(18-20-7-11-22(28-2)12-8-20)29(25,26)16-15-23-13-3-4-14-23/h5-12H,3-4,13-18H2,1-2H3. The number of nitrogens with zero attached hydrogens (tertiary/aromatic N) is 2. The average molecular weight is 419 g/mol. The zero-order valence-corrected chi connectivity index (χ0v) is 18.0. The molecule has 0 radical (unpaired) electrons. The van der Waals surface area contributed by atoms with Crippen molar-refractivity contribution < 1.29 is 17.9 Å². The van der Waals surface area contributed by atoms with Crippen molar-refractivity contribution in [1.29, 1.82) is 0 Å². The molecular weight excluding hydrogens is 388 g/mol. The Hall–Kier alpha value is -2.09. The van der Waals surface area contributed by atoms with Crippen LogP contribution in [0, 0.1) is 0 Å². The summed E-state index contributed by atoms with van der Waals surface area (Å²) in [5.41, 5.74) is 1.87. The van der Waals surface area contributed by atoms with Gasteiger partial charge >= 0.3 is 0 Å². The van der Waals surface area contributed by atoms with Gasteiger partial charge < -0.3 is 14.4 Å². The van der Waals surface area contributed by atoms with E-state index in [1.54, 1.807) is 18.5 Å². The van der Waals surface area contributed by atoms with Gasteiger partial charge in [-0.3, -0.25) is 0 Å². The molecular formula is C22H30N2O4S. The molecule has 6 nitrogen and oxygen atoms in total. The maximum absolute atomic E-state index is 13.2. The van der Waals surface area contributed by atoms with Gasteiger partial charge in [-0.1, -0.05) is 24.3 Å². The van der Waals surface area contributed by atoms with Crippen LogP contribution in [0.1, 0.15) is 24.0 Å². The summed E-state index contributed by atoms with van der Waals surface area (Å²) in [4.78, 5) is 2.23. The fourth-order valence-electron chi connectivity index (χ4n) is 3.50. The molecule has 2 aromatic carbocycles. The highest BCUT2D eigenvalue weighted by Crippen LogP contribution is 2.20. The predicted octanol–water partition coefficient (Wildman–Crippen LogP) is 3.13. The van der Waals surface area contributed by atoms with Gasteiger partial charge in [-0.05, 0) is 61.3 Å². The topological polar surface area (TPSA) is 59.1 Å². The first-order valence-electron chi connectivity index (χ1n) is 9.96. The Morgan fingerprint density at radius 1 is 0.828 bits per heavy atom. The highest BCUT2D eigenvalue weighted by molar-refractivity contribution is 7.89. The minimum absolute atomic E-state index is 0.138. The van der Waals surface area contributed by atoms with Crippen molar-refractivity contribution in [3.05, 3.63) is 59.7 Å². The molecule has 2 aromatic rings. The molecule has 1 aliphatic rings. The van der Waals surface area contributed by atoms with Crippen LogP contribution in [0.25, 0.3) is 0 Å². The zero-order chi connectivity index (χ0) is 20.7. The van der Waals surface area contributed by atoms with Crippen molar-refractivity contribution in [3.8, 4) is 11.5 Å². The summed E-state index contributed by atoms with van der Waals surface area (Å²) in [6.07, 6.45) is 2.31. The van der Waals surface area contributed by atoms with Gasteiger partial charge in [0.2, 0.25) is 10.0 Å². The van der Waals surface area contributed by atoms with Crippen LogP contribution < -0.4 is 9.47 Å². The largest absolute Gasteiger partial charge is 0.497 e. The van der Waals surface area contributed by atoms with E-state index in [-0.39, 0.29) is 5.75 Å². The number of likely N-dealkylation sites (tertiary alicyclic amines) is 1. The summed E-state index contributed by atoms with van der Waals surface area (Å²) in [5, 5.41) is 0. The summed E-state index contributed by atoms with van der Waals surface area (Å²) >= 11 is 0. The van der Waals surface area contributed by atoms with Crippen LogP contribution in [0.2, 0.25) is 0 Å². The van der Waals surface area contributed by atoms with Crippen molar-refractivity contribution in [2.75, 3.05) is 39.6 Å². The Labute approximate surface area is 174 Å². The second-order valence-electron chi connectivity index (χ2n) is 7.33. The van der Waals surface area contributed by atoms with Gasteiger partial charge in [0.05, 0.1) is 20.0 Å². The van der Waals surface area contributed by atoms with Gasteiger partial charge in [-0.25, -0.2) is 8.42 Å². The Morgan fingerprint density at radius 3 is 1.69 bits per heavy atom. The second-order valence-corrected chi connectivity index (χ2v) is 9.42. The first-order valence-corrected chi connectivity index (χ1v) is 11.6. The number of rotatable bonds is 10. The summed E-state index contributed by atoms with van der Waals surface area (Å²) in [7, 11) is -0.171. The number of hydrogen-bond acceptors (Lipinski definition) is 5. The molecule has 1 aliphatic heterocycles. The summed E-state index contributed by atoms with van der Waals surface area (Å²) < 4.78 is 38.4. The van der Waals surface area contributed by atoms with Crippen LogP contribution in [0.5, 0.6) is 11.5 Å². The summed E-state index contributed by atoms with van der Waals surface area (Å²) in [6.45, 7) is 3.24. The lowest BCUT2D eigenvalue weighted by Crippen LogP contribution is -2.36. The second kappa shape index (κ2) is 10.1. The zero-order valence-electron chi connectivity index (χ0n) is 17.2. The number of hydrogen-bond donors (Lipinski definition) is 0. The van der Waals surface area contributed by atoms with E-state index in [1.807, 2.05) is 48.5 Å². The lowest BCUT2D eigenvalue weighted by molar-refractivity contribution is 0.349. The molecule has 0 aliphatic carbocycles. The number of sulfonamides is 1. The molecule has 0 bridgehead atoms. The van der Waals surface area contributed by atoms with Crippen LogP contribution in [-0.2, 0) is 23.1 Å². The van der Waals surface area contributed by atoms with Gasteiger partial charge in [0.1, 0.15) is 11.5 Å². The third kappa shape index (κ3) is 6.19. The van der Waals surface area contributed by atoms with Crippen LogP contribution in [-0.4, -0.2) is 57.2 Å². The molecule has 0 N–H and O–H groups in total. The molecule has 0 amide bonds. The predicted molar refractivity (Wildman–Crippen MR) is 115 cm³/mol. The maximum Gasteiger partial charge on any atom is 0.215 e. The molecule has 0 atom stereocenters. The van der Waals surface area contributed by atoms with Gasteiger partial charge in [-0.15, -0.1) is 0 Å². The first kappa shape index (κ1) is 21.6. The lowest BCUT2D eigenvalue weighted by Gasteiger charge is -2.24. The SMILES string of the molecule is COc1ccc(CN(Cc2ccc(OC)cc2)S(=O)(=O)CCN2CCCC2)cc1. The number of benzene rings is 2. The van der Waals surface area contributed by atoms with Crippen molar-refractivity contribution >= 4 is 10.0 Å². The van der Waals surface area contributed by atoms with Crippen molar-refractivity contribution in [3.63, 3.8) is 0 Å². The molecule has 0 unspecified atom stereocenters. The van der Waals surface area contributed by atoms with Gasteiger partial charge in [-0.2, -0.15) is 4.31 Å². The molecule has 1 heterocycles. The highest BCUT2D eigenvalue weighted by atomic mass is 32.2. The molecule has 0 spiro atoms.